The van der Waals surface area contributed by atoms with Crippen LogP contribution in [-0.4, -0.2) is 39.0 Å². The van der Waals surface area contributed by atoms with Gasteiger partial charge in [0.2, 0.25) is 0 Å². The molecule has 0 saturated heterocycles. The molecule has 0 radical (unpaired) electrons. The molecular weight excluding hydrogens is 303 g/mol. The van der Waals surface area contributed by atoms with Gasteiger partial charge in [0.1, 0.15) is 0 Å². The van der Waals surface area contributed by atoms with E-state index in [4.69, 9.17) is 13.8 Å². The maximum atomic E-state index is 10.6. The minimum atomic E-state index is -2.36. The van der Waals surface area contributed by atoms with Crippen LogP contribution in [0.25, 0.3) is 0 Å². The molecule has 2 atom stereocenters. The first-order valence-electron chi connectivity index (χ1n) is 4.69. The average molecular weight is 316 g/mol. The third-order valence-electron chi connectivity index (χ3n) is 2.64. The molecule has 0 saturated carbocycles. The summed E-state index contributed by atoms with van der Waals surface area (Å²) >= 11 is -2.36. The summed E-state index contributed by atoms with van der Waals surface area (Å²) in [4.78, 5) is 20.5. The summed E-state index contributed by atoms with van der Waals surface area (Å²) in [6.45, 7) is 1.92. The summed E-state index contributed by atoms with van der Waals surface area (Å²) in [5.74, 6) is -0.838. The van der Waals surface area contributed by atoms with Crippen LogP contribution in [0.3, 0.4) is 0 Å². The van der Waals surface area contributed by atoms with Crippen LogP contribution in [-0.2, 0) is 7.75 Å². The van der Waals surface area contributed by atoms with E-state index in [1.165, 1.54) is 0 Å². The molecule has 15 heavy (non-hydrogen) atoms. The van der Waals surface area contributed by atoms with E-state index in [1.807, 2.05) is 10.8 Å². The quantitative estimate of drug-likeness (QED) is 0.571. The van der Waals surface area contributed by atoms with E-state index in [1.54, 1.807) is 0 Å². The van der Waals surface area contributed by atoms with Gasteiger partial charge in [-0.1, -0.05) is 0 Å². The fraction of sp³-hybridized carbons (Fsp3) is 0.625. The molecule has 1 heterocycles. The Morgan fingerprint density at radius 3 is 3.13 bits per heavy atom. The maximum absolute atomic E-state index is 10.6. The van der Waals surface area contributed by atoms with Crippen LogP contribution in [0.1, 0.15) is 13.3 Å². The van der Waals surface area contributed by atoms with Crippen LogP contribution < -0.4 is 5.73 Å². The standard InChI is InChI=1S/C8H13NO2.In.HNO2/c1-5(2)6(3)4-7(9)8(10)11;;2-1-3/h1,6-7H,3-4,9H2,2H3,(H,10,11);;(H,2,3)/q;+1;/p-1/t6-,7-;;/m0../s1. The van der Waals surface area contributed by atoms with Gasteiger partial charge in [-0.25, -0.2) is 0 Å². The Kier molecular flexibility index (Phi) is 4.59. The summed E-state index contributed by atoms with van der Waals surface area (Å²) in [5, 5.41) is 11.1. The predicted octanol–water partition coefficient (Wildman–Crippen LogP) is 0.593. The fourth-order valence-corrected chi connectivity index (χ4v) is 8.57. The van der Waals surface area contributed by atoms with Gasteiger partial charge in [-0.15, -0.1) is 0 Å². The van der Waals surface area contributed by atoms with E-state index in [9.17, 15) is 9.70 Å². The van der Waals surface area contributed by atoms with Gasteiger partial charge in [0, 0.05) is 0 Å². The third-order valence-corrected chi connectivity index (χ3v) is 9.17. The Morgan fingerprint density at radius 2 is 2.60 bits per heavy atom. The van der Waals surface area contributed by atoms with E-state index in [0.717, 1.165) is 9.75 Å². The van der Waals surface area contributed by atoms with Crippen LogP contribution in [0.5, 0.6) is 0 Å². The summed E-state index contributed by atoms with van der Waals surface area (Å²) in [5.41, 5.74) is 6.54. The van der Waals surface area contributed by atoms with Gasteiger partial charge in [0.05, 0.1) is 0 Å². The van der Waals surface area contributed by atoms with E-state index in [-0.39, 0.29) is 5.92 Å². The topological polar surface area (TPSA) is 102 Å². The summed E-state index contributed by atoms with van der Waals surface area (Å²) < 4.78 is 7.53. The Labute approximate surface area is 95.5 Å². The second kappa shape index (κ2) is 5.50. The van der Waals surface area contributed by atoms with Crippen molar-refractivity contribution in [3.63, 3.8) is 0 Å². The van der Waals surface area contributed by atoms with Crippen LogP contribution in [0.2, 0.25) is 4.18 Å². The van der Waals surface area contributed by atoms with Crippen molar-refractivity contribution in [1.29, 1.82) is 0 Å². The van der Waals surface area contributed by atoms with Gasteiger partial charge >= 0.3 is 95.6 Å². The van der Waals surface area contributed by atoms with E-state index >= 15 is 0 Å². The molecule has 0 fully saturated rings. The number of nitrogens with two attached hydrogens (primary N) is 1. The van der Waals surface area contributed by atoms with Crippen molar-refractivity contribution in [2.75, 3.05) is 0 Å². The second-order valence-electron chi connectivity index (χ2n) is 3.74. The molecule has 0 aromatic rings. The molecule has 0 aliphatic carbocycles. The first-order valence-corrected chi connectivity index (χ1v) is 10.3. The first-order chi connectivity index (χ1) is 7.04. The number of carboxylic acids is 1. The average Bonchev–Trinajstić information content (AvgIpc) is 2.47. The zero-order valence-corrected chi connectivity index (χ0v) is 11.7. The molecule has 3 N–H and O–H groups in total. The molecule has 7 heteroatoms. The number of nitrogens with zero attached hydrogens (tertiary/aromatic N) is 1. The SMILES string of the molecule is CC1=[CH][In]([O]N=O)[CH2][C@H]1C[C@H](N)C(=O)O. The molecule has 0 amide bonds. The van der Waals surface area contributed by atoms with E-state index in [2.05, 4.69) is 5.34 Å². The number of aliphatic carboxylic acids is 1. The second-order valence-corrected chi connectivity index (χ2v) is 9.71. The van der Waals surface area contributed by atoms with Crippen LogP contribution >= 0.6 is 0 Å². The van der Waals surface area contributed by atoms with E-state index in [0.29, 0.717) is 6.42 Å². The number of hydrogen-bond acceptors (Lipinski definition) is 5. The Balaban J connectivity index is 2.49. The number of hydrogen-bond donors (Lipinski definition) is 2. The van der Waals surface area contributed by atoms with Crippen molar-refractivity contribution in [3.8, 4) is 0 Å². The van der Waals surface area contributed by atoms with Gasteiger partial charge < -0.3 is 0 Å². The Hall–Kier alpha value is -0.560. The normalized spacial score (nSPS) is 22.1. The van der Waals surface area contributed by atoms with Gasteiger partial charge in [0.25, 0.3) is 0 Å². The van der Waals surface area contributed by atoms with E-state index < -0.39 is 33.9 Å². The molecule has 0 aromatic carbocycles. The van der Waals surface area contributed by atoms with Crippen molar-refractivity contribution < 1.29 is 12.9 Å². The van der Waals surface area contributed by atoms with Gasteiger partial charge in [-0.2, -0.15) is 0 Å². The molecule has 0 aromatic heterocycles. The van der Waals surface area contributed by atoms with Crippen molar-refractivity contribution in [3.05, 3.63) is 14.3 Å². The van der Waals surface area contributed by atoms with Crippen LogP contribution in [0, 0.1) is 10.8 Å². The number of rotatable bonds is 5. The van der Waals surface area contributed by atoms with Crippen LogP contribution in [0.4, 0.5) is 0 Å². The molecule has 1 aliphatic heterocycles. The monoisotopic (exact) mass is 316 g/mol. The van der Waals surface area contributed by atoms with Gasteiger partial charge in [0.15, 0.2) is 0 Å². The van der Waals surface area contributed by atoms with Gasteiger partial charge in [-0.05, 0) is 0 Å². The van der Waals surface area contributed by atoms with Crippen molar-refractivity contribution in [2.45, 2.75) is 23.6 Å². The molecule has 0 unspecified atom stereocenters. The molecule has 0 spiro atoms. The Morgan fingerprint density at radius 1 is 1.93 bits per heavy atom. The summed E-state index contributed by atoms with van der Waals surface area (Å²) in [6, 6.07) is -0.840. The zero-order chi connectivity index (χ0) is 11.4. The van der Waals surface area contributed by atoms with Crippen molar-refractivity contribution in [2.24, 2.45) is 17.0 Å². The molecule has 0 bridgehead atoms. The zero-order valence-electron chi connectivity index (χ0n) is 8.42. The predicted molar refractivity (Wildman–Crippen MR) is 54.9 cm³/mol. The number of carboxylic acid groups (broad SMARTS) is 1. The first kappa shape index (κ1) is 12.5. The van der Waals surface area contributed by atoms with Gasteiger partial charge in [-0.3, -0.25) is 0 Å². The number of allylic oxidation sites excluding steroid dienone is 1. The minimum absolute atomic E-state index is 0.152. The molecular formula is C8H13InN2O4. The molecule has 1 aliphatic rings. The molecule has 1 rings (SSSR count). The Bertz CT molecular complexity index is 294. The van der Waals surface area contributed by atoms with Crippen molar-refractivity contribution in [1.82, 2.24) is 0 Å². The molecule has 82 valence electrons. The summed E-state index contributed by atoms with van der Waals surface area (Å²) in [7, 11) is 0. The molecule has 6 nitrogen and oxygen atoms in total. The van der Waals surface area contributed by atoms with Crippen LogP contribution in [0.15, 0.2) is 14.7 Å². The third kappa shape index (κ3) is 3.49. The fourth-order valence-electron chi connectivity index (χ4n) is 1.78. The van der Waals surface area contributed by atoms with Crippen molar-refractivity contribution >= 4 is 27.8 Å². The number of carbonyl (C=O) groups is 1. The summed E-state index contributed by atoms with van der Waals surface area (Å²) in [6.07, 6.45) is 0.410.